The van der Waals surface area contributed by atoms with Gasteiger partial charge >= 0.3 is 0 Å². The minimum Gasteiger partial charge on any atom is -0.508 e. The average Bonchev–Trinajstić information content (AvgIpc) is 2.33. The number of aliphatic hydroxyl groups excluding tert-OH is 2. The first-order chi connectivity index (χ1) is 8.08. The summed E-state index contributed by atoms with van der Waals surface area (Å²) in [5, 5.41) is 27.8. The van der Waals surface area contributed by atoms with E-state index in [0.29, 0.717) is 5.69 Å². The predicted octanol–water partition coefficient (Wildman–Crippen LogP) is 1.93. The lowest BCUT2D eigenvalue weighted by molar-refractivity contribution is -0.113. The molecule has 5 nitrogen and oxygen atoms in total. The number of aliphatic imine (C=N–C) groups is 1. The second-order valence-electron chi connectivity index (χ2n) is 3.41. The van der Waals surface area contributed by atoms with Crippen LogP contribution in [0.3, 0.4) is 0 Å². The van der Waals surface area contributed by atoms with Gasteiger partial charge in [-0.15, -0.1) is 0 Å². The molecule has 0 heterocycles. The van der Waals surface area contributed by atoms with Crippen LogP contribution in [-0.4, -0.2) is 26.8 Å². The molecule has 2 rings (SSSR count). The van der Waals surface area contributed by atoms with Crippen LogP contribution in [0.1, 0.15) is 0 Å². The van der Waals surface area contributed by atoms with Crippen molar-refractivity contribution >= 4 is 17.2 Å². The number of allylic oxidation sites excluding steroid dienone is 2. The van der Waals surface area contributed by atoms with Gasteiger partial charge in [-0.1, -0.05) is 0 Å². The highest BCUT2D eigenvalue weighted by atomic mass is 16.3. The van der Waals surface area contributed by atoms with E-state index in [1.165, 1.54) is 30.3 Å². The van der Waals surface area contributed by atoms with Crippen molar-refractivity contribution in [2.24, 2.45) is 4.99 Å². The molecule has 0 saturated carbocycles. The molecule has 0 aromatic heterocycles. The van der Waals surface area contributed by atoms with Gasteiger partial charge in [-0.25, -0.2) is 4.99 Å². The van der Waals surface area contributed by atoms with Crippen molar-refractivity contribution in [2.75, 3.05) is 0 Å². The SMILES string of the molecule is O=C1C=CC(=Nc2ccc(O)cc2)C(O)=C1O. The fourth-order valence-electron chi connectivity index (χ4n) is 1.31. The van der Waals surface area contributed by atoms with Crippen LogP contribution in [0.4, 0.5) is 5.69 Å². The summed E-state index contributed by atoms with van der Waals surface area (Å²) in [6.45, 7) is 0. The topological polar surface area (TPSA) is 90.1 Å². The van der Waals surface area contributed by atoms with Crippen molar-refractivity contribution in [3.05, 3.63) is 47.9 Å². The first-order valence-corrected chi connectivity index (χ1v) is 4.80. The molecule has 0 unspecified atom stereocenters. The van der Waals surface area contributed by atoms with Crippen LogP contribution in [0.2, 0.25) is 0 Å². The lowest BCUT2D eigenvalue weighted by Crippen LogP contribution is -2.13. The van der Waals surface area contributed by atoms with E-state index < -0.39 is 17.3 Å². The van der Waals surface area contributed by atoms with Crippen LogP contribution in [0, 0.1) is 0 Å². The molecule has 0 fully saturated rings. The van der Waals surface area contributed by atoms with Crippen molar-refractivity contribution in [2.45, 2.75) is 0 Å². The Hall–Kier alpha value is -2.56. The zero-order chi connectivity index (χ0) is 12.4. The molecule has 5 heteroatoms. The van der Waals surface area contributed by atoms with E-state index in [0.717, 1.165) is 6.08 Å². The van der Waals surface area contributed by atoms with Crippen molar-refractivity contribution in [1.82, 2.24) is 0 Å². The van der Waals surface area contributed by atoms with Gasteiger partial charge in [0.15, 0.2) is 5.76 Å². The van der Waals surface area contributed by atoms with Crippen LogP contribution in [0.25, 0.3) is 0 Å². The fraction of sp³-hybridized carbons (Fsp3) is 0. The molecule has 1 aliphatic rings. The summed E-state index contributed by atoms with van der Waals surface area (Å²) >= 11 is 0. The second kappa shape index (κ2) is 4.13. The monoisotopic (exact) mass is 231 g/mol. The van der Waals surface area contributed by atoms with Gasteiger partial charge in [-0.2, -0.15) is 0 Å². The smallest absolute Gasteiger partial charge is 0.224 e. The summed E-state index contributed by atoms with van der Waals surface area (Å²) in [6, 6.07) is 5.96. The highest BCUT2D eigenvalue weighted by molar-refractivity contribution is 6.20. The van der Waals surface area contributed by atoms with Gasteiger partial charge in [0.25, 0.3) is 0 Å². The molecule has 17 heavy (non-hydrogen) atoms. The third-order valence-electron chi connectivity index (χ3n) is 2.19. The van der Waals surface area contributed by atoms with Crippen LogP contribution in [-0.2, 0) is 4.79 Å². The van der Waals surface area contributed by atoms with E-state index in [2.05, 4.69) is 4.99 Å². The fourth-order valence-corrected chi connectivity index (χ4v) is 1.31. The van der Waals surface area contributed by atoms with E-state index in [4.69, 9.17) is 5.11 Å². The molecule has 0 aliphatic heterocycles. The lowest BCUT2D eigenvalue weighted by Gasteiger charge is -2.07. The van der Waals surface area contributed by atoms with Gasteiger partial charge in [0.1, 0.15) is 11.5 Å². The zero-order valence-corrected chi connectivity index (χ0v) is 8.66. The molecule has 86 valence electrons. The molecule has 1 aromatic rings. The Labute approximate surface area is 96.7 Å². The number of hydrogen-bond acceptors (Lipinski definition) is 5. The summed E-state index contributed by atoms with van der Waals surface area (Å²) < 4.78 is 0. The third-order valence-corrected chi connectivity index (χ3v) is 2.19. The highest BCUT2D eigenvalue weighted by Gasteiger charge is 2.19. The maximum atomic E-state index is 11.0. The van der Waals surface area contributed by atoms with E-state index in [1.54, 1.807) is 0 Å². The molecule has 3 N–H and O–H groups in total. The zero-order valence-electron chi connectivity index (χ0n) is 8.66. The molecular weight excluding hydrogens is 222 g/mol. The summed E-state index contributed by atoms with van der Waals surface area (Å²) in [4.78, 5) is 15.0. The Balaban J connectivity index is 2.38. The first kappa shape index (κ1) is 10.9. The van der Waals surface area contributed by atoms with Crippen molar-refractivity contribution in [3.8, 4) is 5.75 Å². The molecule has 0 saturated heterocycles. The number of hydrogen-bond donors (Lipinski definition) is 3. The molecule has 0 bridgehead atoms. The molecule has 1 aliphatic carbocycles. The maximum absolute atomic E-state index is 11.0. The Bertz CT molecular complexity index is 552. The maximum Gasteiger partial charge on any atom is 0.224 e. The summed E-state index contributed by atoms with van der Waals surface area (Å²) in [6.07, 6.45) is 2.43. The van der Waals surface area contributed by atoms with Crippen LogP contribution < -0.4 is 0 Å². The largest absolute Gasteiger partial charge is 0.508 e. The number of phenolic OH excluding ortho intramolecular Hbond substituents is 1. The van der Waals surface area contributed by atoms with Crippen molar-refractivity contribution in [3.63, 3.8) is 0 Å². The van der Waals surface area contributed by atoms with Crippen LogP contribution in [0.15, 0.2) is 52.9 Å². The van der Waals surface area contributed by atoms with Gasteiger partial charge in [0.2, 0.25) is 11.5 Å². The number of aromatic hydroxyl groups is 1. The average molecular weight is 231 g/mol. The molecule has 0 atom stereocenters. The lowest BCUT2D eigenvalue weighted by atomic mass is 10.1. The van der Waals surface area contributed by atoms with Gasteiger partial charge in [0.05, 0.1) is 5.69 Å². The summed E-state index contributed by atoms with van der Waals surface area (Å²) in [7, 11) is 0. The highest BCUT2D eigenvalue weighted by Crippen LogP contribution is 2.19. The predicted molar refractivity (Wildman–Crippen MR) is 61.6 cm³/mol. The van der Waals surface area contributed by atoms with Gasteiger partial charge < -0.3 is 15.3 Å². The van der Waals surface area contributed by atoms with Crippen molar-refractivity contribution in [1.29, 1.82) is 0 Å². The summed E-state index contributed by atoms with van der Waals surface area (Å²) in [5.41, 5.74) is 0.573. The quantitative estimate of drug-likeness (QED) is 0.644. The van der Waals surface area contributed by atoms with E-state index in [-0.39, 0.29) is 11.5 Å². The Morgan fingerprint density at radius 1 is 0.882 bits per heavy atom. The number of phenols is 1. The van der Waals surface area contributed by atoms with Gasteiger partial charge in [-0.3, -0.25) is 4.79 Å². The number of rotatable bonds is 1. The Morgan fingerprint density at radius 2 is 1.53 bits per heavy atom. The molecule has 0 amide bonds. The van der Waals surface area contributed by atoms with Gasteiger partial charge in [0, 0.05) is 0 Å². The van der Waals surface area contributed by atoms with Crippen LogP contribution >= 0.6 is 0 Å². The number of benzene rings is 1. The number of carbonyl (C=O) groups excluding carboxylic acids is 1. The first-order valence-electron chi connectivity index (χ1n) is 4.80. The van der Waals surface area contributed by atoms with Gasteiger partial charge in [-0.05, 0) is 36.4 Å². The Morgan fingerprint density at radius 3 is 2.18 bits per heavy atom. The minimum atomic E-state index is -0.718. The second-order valence-corrected chi connectivity index (χ2v) is 3.41. The number of ketones is 1. The molecular formula is C12H9NO4. The number of carbonyl (C=O) groups is 1. The number of aliphatic hydroxyl groups is 2. The molecule has 0 spiro atoms. The van der Waals surface area contributed by atoms with Crippen molar-refractivity contribution < 1.29 is 20.1 Å². The van der Waals surface area contributed by atoms with E-state index >= 15 is 0 Å². The third kappa shape index (κ3) is 2.17. The number of nitrogens with zero attached hydrogens (tertiary/aromatic N) is 1. The minimum absolute atomic E-state index is 0.0905. The normalized spacial score (nSPS) is 17.9. The Kier molecular flexibility index (Phi) is 2.66. The van der Waals surface area contributed by atoms with E-state index in [1.807, 2.05) is 0 Å². The standard InChI is InChI=1S/C12H9NO4/c14-8-3-1-7(2-4-8)13-9-5-6-10(15)12(17)11(9)16/h1-6,14,16-17H. The van der Waals surface area contributed by atoms with Crippen LogP contribution in [0.5, 0.6) is 5.75 Å². The summed E-state index contributed by atoms with van der Waals surface area (Å²) in [5.74, 6) is -1.83. The molecule has 1 aromatic carbocycles. The molecule has 0 radical (unpaired) electrons. The van der Waals surface area contributed by atoms with E-state index in [9.17, 15) is 15.0 Å².